The Morgan fingerprint density at radius 3 is 2.40 bits per heavy atom. The molecule has 2 N–H and O–H groups in total. The summed E-state index contributed by atoms with van der Waals surface area (Å²) in [6, 6.07) is 17.0. The van der Waals surface area contributed by atoms with Crippen LogP contribution in [0, 0.1) is 0 Å². The molecule has 0 aliphatic carbocycles. The van der Waals surface area contributed by atoms with Crippen LogP contribution in [0.1, 0.15) is 37.8 Å². The molecule has 158 valence electrons. The van der Waals surface area contributed by atoms with Crippen LogP contribution < -0.4 is 10.6 Å². The fraction of sp³-hybridized carbons (Fsp3) is 0.348. The molecule has 1 unspecified atom stereocenters. The molecule has 30 heavy (non-hydrogen) atoms. The smallest absolute Gasteiger partial charge is 0.325 e. The lowest BCUT2D eigenvalue weighted by molar-refractivity contribution is -0.134. The van der Waals surface area contributed by atoms with Crippen LogP contribution in [0.4, 0.5) is 4.79 Å². The third kappa shape index (κ3) is 4.84. The van der Waals surface area contributed by atoms with E-state index < -0.39 is 17.5 Å². The Balaban J connectivity index is 1.55. The number of nitrogens with one attached hydrogen (secondary N) is 2. The van der Waals surface area contributed by atoms with E-state index >= 15 is 0 Å². The van der Waals surface area contributed by atoms with Gasteiger partial charge in [0.2, 0.25) is 5.91 Å². The van der Waals surface area contributed by atoms with Gasteiger partial charge in [-0.3, -0.25) is 14.5 Å². The summed E-state index contributed by atoms with van der Waals surface area (Å²) in [5.41, 5.74) is 0.687. The van der Waals surface area contributed by atoms with Crippen molar-refractivity contribution in [1.82, 2.24) is 15.5 Å². The van der Waals surface area contributed by atoms with Crippen molar-refractivity contribution in [3.8, 4) is 0 Å². The number of nitrogens with zero attached hydrogens (tertiary/aromatic N) is 1. The Labute approximate surface area is 181 Å². The summed E-state index contributed by atoms with van der Waals surface area (Å²) >= 11 is 1.63. The first kappa shape index (κ1) is 21.9. The molecule has 0 bridgehead atoms. The van der Waals surface area contributed by atoms with Gasteiger partial charge in [-0.05, 0) is 36.1 Å². The molecule has 0 spiro atoms. The van der Waals surface area contributed by atoms with Crippen LogP contribution in [0.15, 0.2) is 59.5 Å². The molecule has 3 rings (SSSR count). The summed E-state index contributed by atoms with van der Waals surface area (Å²) in [6.07, 6.45) is 0. The molecule has 7 heteroatoms. The standard InChI is InChI=1S/C23H27N3O3S/c1-16(2)17-9-11-18(12-10-17)23(3)21(28)26(22(29)25-23)15-20(27)24-13-14-30-19-7-5-4-6-8-19/h4-12,16H,13-15H2,1-3H3,(H,24,27)(H,25,29). The van der Waals surface area contributed by atoms with Crippen molar-refractivity contribution in [2.24, 2.45) is 0 Å². The normalized spacial score (nSPS) is 18.6. The first-order valence-corrected chi connectivity index (χ1v) is 11.0. The molecule has 0 saturated carbocycles. The molecule has 6 nitrogen and oxygen atoms in total. The van der Waals surface area contributed by atoms with E-state index in [0.717, 1.165) is 15.4 Å². The van der Waals surface area contributed by atoms with E-state index in [4.69, 9.17) is 0 Å². The van der Waals surface area contributed by atoms with Gasteiger partial charge in [-0.2, -0.15) is 0 Å². The maximum Gasteiger partial charge on any atom is 0.325 e. The van der Waals surface area contributed by atoms with Crippen LogP contribution in [-0.4, -0.2) is 41.6 Å². The van der Waals surface area contributed by atoms with Gasteiger partial charge in [0.05, 0.1) is 0 Å². The van der Waals surface area contributed by atoms with Crippen molar-refractivity contribution in [3.63, 3.8) is 0 Å². The molecular weight excluding hydrogens is 398 g/mol. The Morgan fingerprint density at radius 1 is 1.10 bits per heavy atom. The summed E-state index contributed by atoms with van der Waals surface area (Å²) in [6.45, 7) is 6.03. The van der Waals surface area contributed by atoms with E-state index in [0.29, 0.717) is 23.8 Å². The Hall–Kier alpha value is -2.80. The van der Waals surface area contributed by atoms with Gasteiger partial charge in [0, 0.05) is 17.2 Å². The summed E-state index contributed by atoms with van der Waals surface area (Å²) in [4.78, 5) is 39.8. The lowest BCUT2D eigenvalue weighted by atomic mass is 9.90. The molecule has 1 atom stereocenters. The monoisotopic (exact) mass is 425 g/mol. The summed E-state index contributed by atoms with van der Waals surface area (Å²) in [7, 11) is 0. The Morgan fingerprint density at radius 2 is 1.77 bits per heavy atom. The highest BCUT2D eigenvalue weighted by Gasteiger charge is 2.49. The van der Waals surface area contributed by atoms with Gasteiger partial charge >= 0.3 is 6.03 Å². The topological polar surface area (TPSA) is 78.5 Å². The van der Waals surface area contributed by atoms with Crippen molar-refractivity contribution in [2.75, 3.05) is 18.8 Å². The fourth-order valence-electron chi connectivity index (χ4n) is 3.31. The van der Waals surface area contributed by atoms with Gasteiger partial charge in [0.15, 0.2) is 0 Å². The van der Waals surface area contributed by atoms with Crippen molar-refractivity contribution >= 4 is 29.6 Å². The average Bonchev–Trinajstić information content (AvgIpc) is 2.96. The second-order valence-electron chi connectivity index (χ2n) is 7.73. The largest absolute Gasteiger partial charge is 0.354 e. The van der Waals surface area contributed by atoms with Crippen molar-refractivity contribution in [1.29, 1.82) is 0 Å². The molecule has 4 amide bonds. The number of imide groups is 1. The zero-order valence-corrected chi connectivity index (χ0v) is 18.3. The third-order valence-electron chi connectivity index (χ3n) is 5.17. The number of hydrogen-bond acceptors (Lipinski definition) is 4. The molecule has 2 aromatic carbocycles. The summed E-state index contributed by atoms with van der Waals surface area (Å²) in [5, 5.41) is 5.52. The number of amides is 4. The first-order chi connectivity index (χ1) is 14.3. The second-order valence-corrected chi connectivity index (χ2v) is 8.90. The zero-order chi connectivity index (χ0) is 21.7. The predicted molar refractivity (Wildman–Crippen MR) is 118 cm³/mol. The first-order valence-electron chi connectivity index (χ1n) is 10.0. The van der Waals surface area contributed by atoms with E-state index in [-0.39, 0.29) is 12.5 Å². The summed E-state index contributed by atoms with van der Waals surface area (Å²) in [5.74, 6) is 0.307. The van der Waals surface area contributed by atoms with Crippen molar-refractivity contribution in [2.45, 2.75) is 37.1 Å². The van der Waals surface area contributed by atoms with Gasteiger partial charge in [0.25, 0.3) is 5.91 Å². The lowest BCUT2D eigenvalue weighted by Gasteiger charge is -2.22. The average molecular weight is 426 g/mol. The minimum atomic E-state index is -1.17. The van der Waals surface area contributed by atoms with Crippen LogP contribution in [-0.2, 0) is 15.1 Å². The van der Waals surface area contributed by atoms with Crippen molar-refractivity contribution < 1.29 is 14.4 Å². The summed E-state index contributed by atoms with van der Waals surface area (Å²) < 4.78 is 0. The molecule has 1 fully saturated rings. The van der Waals surface area contributed by atoms with Gasteiger partial charge in [0.1, 0.15) is 12.1 Å². The van der Waals surface area contributed by atoms with Crippen molar-refractivity contribution in [3.05, 3.63) is 65.7 Å². The number of carbonyl (C=O) groups is 3. The second kappa shape index (κ2) is 9.34. The maximum absolute atomic E-state index is 13.0. The molecule has 1 aliphatic rings. The number of carbonyl (C=O) groups excluding carboxylic acids is 3. The highest BCUT2D eigenvalue weighted by Crippen LogP contribution is 2.29. The Bertz CT molecular complexity index is 915. The van der Waals surface area contributed by atoms with Crippen LogP contribution in [0.5, 0.6) is 0 Å². The van der Waals surface area contributed by atoms with E-state index in [1.54, 1.807) is 18.7 Å². The van der Waals surface area contributed by atoms with Crippen LogP contribution in [0.2, 0.25) is 0 Å². The lowest BCUT2D eigenvalue weighted by Crippen LogP contribution is -2.43. The van der Waals surface area contributed by atoms with E-state index in [1.165, 1.54) is 0 Å². The van der Waals surface area contributed by atoms with Crippen LogP contribution >= 0.6 is 11.8 Å². The number of urea groups is 1. The number of rotatable bonds is 8. The van der Waals surface area contributed by atoms with Crippen LogP contribution in [0.25, 0.3) is 0 Å². The van der Waals surface area contributed by atoms with Crippen LogP contribution in [0.3, 0.4) is 0 Å². The van der Waals surface area contributed by atoms with E-state index in [9.17, 15) is 14.4 Å². The zero-order valence-electron chi connectivity index (χ0n) is 17.5. The molecule has 0 radical (unpaired) electrons. The molecule has 1 heterocycles. The minimum absolute atomic E-state index is 0.291. The predicted octanol–water partition coefficient (Wildman–Crippen LogP) is 3.49. The third-order valence-corrected chi connectivity index (χ3v) is 6.18. The highest BCUT2D eigenvalue weighted by atomic mass is 32.2. The molecule has 2 aromatic rings. The van der Waals surface area contributed by atoms with E-state index in [2.05, 4.69) is 24.5 Å². The fourth-order valence-corrected chi connectivity index (χ4v) is 4.10. The molecular formula is C23H27N3O3S. The quantitative estimate of drug-likeness (QED) is 0.386. The highest BCUT2D eigenvalue weighted by molar-refractivity contribution is 7.99. The minimum Gasteiger partial charge on any atom is -0.354 e. The van der Waals surface area contributed by atoms with Gasteiger partial charge in [-0.15, -0.1) is 11.8 Å². The molecule has 0 aromatic heterocycles. The maximum atomic E-state index is 13.0. The number of thioether (sulfide) groups is 1. The Kier molecular flexibility index (Phi) is 6.82. The number of hydrogen-bond donors (Lipinski definition) is 2. The molecule has 1 aliphatic heterocycles. The van der Waals surface area contributed by atoms with E-state index in [1.807, 2.05) is 54.6 Å². The van der Waals surface area contributed by atoms with Gasteiger partial charge in [-0.25, -0.2) is 4.79 Å². The van der Waals surface area contributed by atoms with Gasteiger partial charge in [-0.1, -0.05) is 56.3 Å². The SMILES string of the molecule is CC(C)c1ccc(C2(C)NC(=O)N(CC(=O)NCCSc3ccccc3)C2=O)cc1. The number of benzene rings is 2. The van der Waals surface area contributed by atoms with Gasteiger partial charge < -0.3 is 10.6 Å². The molecule has 1 saturated heterocycles.